The van der Waals surface area contributed by atoms with Gasteiger partial charge in [-0.15, -0.1) is 0 Å². The van der Waals surface area contributed by atoms with E-state index in [0.29, 0.717) is 17.9 Å². The lowest BCUT2D eigenvalue weighted by Gasteiger charge is -2.09. The lowest BCUT2D eigenvalue weighted by atomic mass is 10.1. The Kier molecular flexibility index (Phi) is 7.20. The Hall–Kier alpha value is -3.29. The van der Waals surface area contributed by atoms with Crippen molar-refractivity contribution in [2.24, 2.45) is 4.99 Å². The predicted molar refractivity (Wildman–Crippen MR) is 97.7 cm³/mol. The number of carbonyl (C=O) groups is 1. The summed E-state index contributed by atoms with van der Waals surface area (Å²) in [4.78, 5) is 16.1. The van der Waals surface area contributed by atoms with Crippen molar-refractivity contribution in [2.75, 3.05) is 13.7 Å². The molecular formula is C20H18F3NO4. The number of rotatable bonds is 7. The zero-order chi connectivity index (χ0) is 20.7. The zero-order valence-corrected chi connectivity index (χ0v) is 15.2. The van der Waals surface area contributed by atoms with Crippen LogP contribution >= 0.6 is 0 Å². The number of nitrogens with zero attached hydrogens (tertiary/aromatic N) is 1. The molecule has 0 saturated carbocycles. The molecule has 0 aromatic heterocycles. The van der Waals surface area contributed by atoms with Gasteiger partial charge < -0.3 is 14.6 Å². The van der Waals surface area contributed by atoms with Crippen molar-refractivity contribution in [1.82, 2.24) is 0 Å². The van der Waals surface area contributed by atoms with E-state index < -0.39 is 40.3 Å². The molecule has 28 heavy (non-hydrogen) atoms. The number of hydrogen-bond acceptors (Lipinski definition) is 5. The van der Waals surface area contributed by atoms with E-state index in [9.17, 15) is 23.1 Å². The first-order valence-electron chi connectivity index (χ1n) is 8.25. The minimum Gasteiger partial charge on any atom is -0.506 e. The summed E-state index contributed by atoms with van der Waals surface area (Å²) in [5, 5.41) is 10.3. The van der Waals surface area contributed by atoms with E-state index in [-0.39, 0.29) is 13.2 Å². The quantitative estimate of drug-likeness (QED) is 0.331. The number of aliphatic hydroxyl groups excluding tert-OH is 1. The van der Waals surface area contributed by atoms with E-state index in [4.69, 9.17) is 9.47 Å². The van der Waals surface area contributed by atoms with Gasteiger partial charge in [0.2, 0.25) is 0 Å². The highest BCUT2D eigenvalue weighted by molar-refractivity contribution is 6.15. The van der Waals surface area contributed by atoms with Crippen LogP contribution in [-0.4, -0.2) is 31.0 Å². The molecule has 0 amide bonds. The fourth-order valence-electron chi connectivity index (χ4n) is 2.30. The molecule has 148 valence electrons. The van der Waals surface area contributed by atoms with Gasteiger partial charge in [-0.05, 0) is 24.6 Å². The first kappa shape index (κ1) is 21.0. The zero-order valence-electron chi connectivity index (χ0n) is 15.2. The number of ether oxygens (including phenoxy) is 2. The van der Waals surface area contributed by atoms with E-state index in [1.807, 2.05) is 0 Å². The van der Waals surface area contributed by atoms with Crippen LogP contribution in [0.5, 0.6) is 5.75 Å². The molecule has 0 aliphatic heterocycles. The molecule has 0 saturated heterocycles. The first-order chi connectivity index (χ1) is 13.4. The van der Waals surface area contributed by atoms with Crippen LogP contribution in [0.1, 0.15) is 18.1 Å². The van der Waals surface area contributed by atoms with E-state index in [1.54, 1.807) is 24.3 Å². The maximum absolute atomic E-state index is 13.9. The van der Waals surface area contributed by atoms with Crippen LogP contribution in [0.4, 0.5) is 13.2 Å². The molecule has 2 rings (SSSR count). The highest BCUT2D eigenvalue weighted by atomic mass is 19.1. The van der Waals surface area contributed by atoms with Crippen LogP contribution in [0.15, 0.2) is 47.0 Å². The van der Waals surface area contributed by atoms with Gasteiger partial charge >= 0.3 is 5.97 Å². The fraction of sp³-hybridized carbons (Fsp3) is 0.200. The Morgan fingerprint density at radius 2 is 1.75 bits per heavy atom. The van der Waals surface area contributed by atoms with Gasteiger partial charge in [0.1, 0.15) is 34.5 Å². The van der Waals surface area contributed by atoms with Gasteiger partial charge in [0.25, 0.3) is 0 Å². The van der Waals surface area contributed by atoms with E-state index in [0.717, 1.165) is 11.8 Å². The molecule has 0 unspecified atom stereocenters. The van der Waals surface area contributed by atoms with Crippen LogP contribution in [0.25, 0.3) is 5.76 Å². The smallest absolute Gasteiger partial charge is 0.343 e. The van der Waals surface area contributed by atoms with Gasteiger partial charge in [0.15, 0.2) is 0 Å². The molecule has 2 aromatic carbocycles. The summed E-state index contributed by atoms with van der Waals surface area (Å²) in [7, 11) is 1.53. The number of aliphatic imine (C=N–C) groups is 1. The number of aliphatic hydroxyl groups is 1. The number of carbonyl (C=O) groups excluding carboxylic acids is 1. The normalized spacial score (nSPS) is 12.0. The van der Waals surface area contributed by atoms with Gasteiger partial charge in [-0.25, -0.2) is 18.0 Å². The Morgan fingerprint density at radius 1 is 1.14 bits per heavy atom. The van der Waals surface area contributed by atoms with Crippen LogP contribution < -0.4 is 4.74 Å². The molecule has 0 heterocycles. The van der Waals surface area contributed by atoms with Crippen molar-refractivity contribution in [3.63, 3.8) is 0 Å². The highest BCUT2D eigenvalue weighted by Gasteiger charge is 2.22. The highest BCUT2D eigenvalue weighted by Crippen LogP contribution is 2.24. The summed E-state index contributed by atoms with van der Waals surface area (Å²) < 4.78 is 50.8. The third kappa shape index (κ3) is 5.12. The molecule has 0 aliphatic carbocycles. The third-order valence-electron chi connectivity index (χ3n) is 3.65. The van der Waals surface area contributed by atoms with E-state index in [2.05, 4.69) is 4.99 Å². The molecule has 0 atom stereocenters. The molecule has 2 aromatic rings. The molecule has 0 fully saturated rings. The van der Waals surface area contributed by atoms with Crippen LogP contribution in [-0.2, 0) is 16.1 Å². The van der Waals surface area contributed by atoms with Crippen molar-refractivity contribution in [1.29, 1.82) is 0 Å². The molecular weight excluding hydrogens is 375 g/mol. The van der Waals surface area contributed by atoms with Crippen molar-refractivity contribution in [2.45, 2.75) is 13.5 Å². The standard InChI is InChI=1S/C20H18F3NO4/c1-3-28-20(26)15(11-24-10-12-4-6-14(27-2)7-5-12)19(25)18-16(22)8-13(21)9-17(18)23/h4-9,11,25H,3,10H2,1-2H3. The third-order valence-corrected chi connectivity index (χ3v) is 3.65. The molecule has 8 heteroatoms. The van der Waals surface area contributed by atoms with Crippen molar-refractivity contribution < 1.29 is 32.5 Å². The van der Waals surface area contributed by atoms with E-state index in [1.165, 1.54) is 14.0 Å². The van der Waals surface area contributed by atoms with Gasteiger partial charge in [-0.2, -0.15) is 0 Å². The Balaban J connectivity index is 2.38. The second kappa shape index (κ2) is 9.59. The Morgan fingerprint density at radius 3 is 2.29 bits per heavy atom. The number of esters is 1. The molecule has 0 radical (unpaired) electrons. The summed E-state index contributed by atoms with van der Waals surface area (Å²) in [5.41, 5.74) is -0.737. The average Bonchev–Trinajstić information content (AvgIpc) is 2.65. The van der Waals surface area contributed by atoms with E-state index >= 15 is 0 Å². The minimum atomic E-state index is -1.36. The summed E-state index contributed by atoms with van der Waals surface area (Å²) in [6.45, 7) is 1.62. The molecule has 1 N–H and O–H groups in total. The second-order valence-electron chi connectivity index (χ2n) is 5.55. The number of methoxy groups -OCH3 is 1. The fourth-order valence-corrected chi connectivity index (χ4v) is 2.30. The maximum atomic E-state index is 13.9. The summed E-state index contributed by atoms with van der Waals surface area (Å²) in [6.07, 6.45) is 0.958. The minimum absolute atomic E-state index is 0.0314. The molecule has 5 nitrogen and oxygen atoms in total. The first-order valence-corrected chi connectivity index (χ1v) is 8.25. The van der Waals surface area contributed by atoms with Crippen LogP contribution in [0.3, 0.4) is 0 Å². The monoisotopic (exact) mass is 393 g/mol. The molecule has 0 bridgehead atoms. The molecule has 0 spiro atoms. The number of halogens is 3. The lowest BCUT2D eigenvalue weighted by molar-refractivity contribution is -0.137. The summed E-state index contributed by atoms with van der Waals surface area (Å²) in [5.74, 6) is -5.29. The van der Waals surface area contributed by atoms with Crippen molar-refractivity contribution in [3.05, 3.63) is 70.5 Å². The number of hydrogen-bond donors (Lipinski definition) is 1. The van der Waals surface area contributed by atoms with Crippen molar-refractivity contribution in [3.8, 4) is 5.75 Å². The average molecular weight is 393 g/mol. The second-order valence-corrected chi connectivity index (χ2v) is 5.55. The van der Waals surface area contributed by atoms with Gasteiger partial charge in [-0.3, -0.25) is 4.99 Å². The van der Waals surface area contributed by atoms with Gasteiger partial charge in [0.05, 0.1) is 25.8 Å². The predicted octanol–water partition coefficient (Wildman–Crippen LogP) is 4.22. The Bertz CT molecular complexity index is 885. The van der Waals surface area contributed by atoms with Crippen LogP contribution in [0, 0.1) is 17.5 Å². The lowest BCUT2D eigenvalue weighted by Crippen LogP contribution is -2.12. The Labute approximate surface area is 159 Å². The topological polar surface area (TPSA) is 68.1 Å². The van der Waals surface area contributed by atoms with Crippen LogP contribution in [0.2, 0.25) is 0 Å². The van der Waals surface area contributed by atoms with Gasteiger partial charge in [0, 0.05) is 18.3 Å². The molecule has 0 aliphatic rings. The SMILES string of the molecule is CCOC(=O)C(C=NCc1ccc(OC)cc1)=C(O)c1c(F)cc(F)cc1F. The van der Waals surface area contributed by atoms with Crippen molar-refractivity contribution >= 4 is 17.9 Å². The summed E-state index contributed by atoms with van der Waals surface area (Å²) >= 11 is 0. The van der Waals surface area contributed by atoms with Gasteiger partial charge in [-0.1, -0.05) is 12.1 Å². The maximum Gasteiger partial charge on any atom is 0.343 e. The summed E-state index contributed by atoms with van der Waals surface area (Å²) in [6, 6.07) is 7.70. The largest absolute Gasteiger partial charge is 0.506 e. The number of benzene rings is 2.